The van der Waals surface area contributed by atoms with E-state index in [-0.39, 0.29) is 12.0 Å². The molecule has 0 radical (unpaired) electrons. The van der Waals surface area contributed by atoms with E-state index in [1.807, 2.05) is 0 Å². The third-order valence-electron chi connectivity index (χ3n) is 4.00. The Labute approximate surface area is 135 Å². The number of carbonyl (C=O) groups excluding carboxylic acids is 2. The Hall–Kier alpha value is -1.59. The van der Waals surface area contributed by atoms with Crippen LogP contribution in [-0.4, -0.2) is 41.5 Å². The van der Waals surface area contributed by atoms with Crippen LogP contribution < -0.4 is 5.32 Å². The lowest BCUT2D eigenvalue weighted by atomic mass is 9.86. The number of hydrogen-bond donors (Lipinski definition) is 2. The zero-order chi connectivity index (χ0) is 16.1. The number of likely N-dealkylation sites (N-methyl/N-ethyl adjacent to an activating group) is 1. The normalized spacial score (nSPS) is 21.2. The number of benzene rings is 1. The average Bonchev–Trinajstić information content (AvgIpc) is 2.48. The molecule has 6 heteroatoms. The van der Waals surface area contributed by atoms with Gasteiger partial charge in [-0.2, -0.15) is 0 Å². The monoisotopic (exact) mass is 324 g/mol. The number of nitrogens with one attached hydrogen (secondary N) is 1. The first kappa shape index (κ1) is 16.8. The zero-order valence-electron chi connectivity index (χ0n) is 12.6. The molecule has 22 heavy (non-hydrogen) atoms. The van der Waals surface area contributed by atoms with E-state index in [1.54, 1.807) is 31.3 Å². The van der Waals surface area contributed by atoms with Crippen molar-refractivity contribution < 1.29 is 14.7 Å². The van der Waals surface area contributed by atoms with E-state index in [2.05, 4.69) is 5.32 Å². The van der Waals surface area contributed by atoms with Crippen molar-refractivity contribution in [2.24, 2.45) is 5.92 Å². The number of aliphatic hydroxyl groups is 1. The lowest BCUT2D eigenvalue weighted by molar-refractivity contribution is -0.143. The summed E-state index contributed by atoms with van der Waals surface area (Å²) in [5.41, 5.74) is 0.483. The van der Waals surface area contributed by atoms with Crippen molar-refractivity contribution in [3.05, 3.63) is 29.3 Å². The maximum Gasteiger partial charge on any atom is 0.313 e. The summed E-state index contributed by atoms with van der Waals surface area (Å²) in [4.78, 5) is 25.5. The molecule has 1 fully saturated rings. The van der Waals surface area contributed by atoms with Crippen LogP contribution in [0.2, 0.25) is 5.02 Å². The van der Waals surface area contributed by atoms with Gasteiger partial charge in [0.25, 0.3) is 0 Å². The van der Waals surface area contributed by atoms with E-state index in [0.717, 1.165) is 25.7 Å². The first-order valence-electron chi connectivity index (χ1n) is 7.47. The molecule has 1 aromatic rings. The van der Waals surface area contributed by atoms with Gasteiger partial charge in [0.15, 0.2) is 0 Å². The number of amides is 2. The Morgan fingerprint density at radius 2 is 2.09 bits per heavy atom. The van der Waals surface area contributed by atoms with E-state index in [1.165, 1.54) is 4.90 Å². The van der Waals surface area contributed by atoms with Gasteiger partial charge in [-0.05, 0) is 31.0 Å². The van der Waals surface area contributed by atoms with Gasteiger partial charge in [0, 0.05) is 30.2 Å². The third-order valence-corrected chi connectivity index (χ3v) is 4.24. The molecular weight excluding hydrogens is 304 g/mol. The lowest BCUT2D eigenvalue weighted by Crippen LogP contribution is -2.42. The molecule has 0 saturated heterocycles. The standard InChI is InChI=1S/C16H21ClN2O3/c1-19(10-11-5-2-3-8-14(11)20)16(22)15(21)18-13-7-4-6-12(17)9-13/h4,6-7,9,11,14,20H,2-3,5,8,10H2,1H3,(H,18,21). The highest BCUT2D eigenvalue weighted by Gasteiger charge is 2.27. The molecule has 0 aliphatic heterocycles. The first-order valence-corrected chi connectivity index (χ1v) is 7.85. The molecule has 0 bridgehead atoms. The van der Waals surface area contributed by atoms with E-state index in [0.29, 0.717) is 17.3 Å². The molecular formula is C16H21ClN2O3. The number of rotatable bonds is 3. The van der Waals surface area contributed by atoms with Crippen LogP contribution >= 0.6 is 11.6 Å². The molecule has 0 aromatic heterocycles. The molecule has 0 spiro atoms. The van der Waals surface area contributed by atoms with Crippen molar-refractivity contribution in [1.82, 2.24) is 4.90 Å². The third kappa shape index (κ3) is 4.45. The molecule has 2 unspecified atom stereocenters. The number of aliphatic hydroxyl groups excluding tert-OH is 1. The fourth-order valence-electron chi connectivity index (χ4n) is 2.76. The maximum absolute atomic E-state index is 12.1. The molecule has 0 heterocycles. The number of halogens is 1. The minimum absolute atomic E-state index is 0.0432. The summed E-state index contributed by atoms with van der Waals surface area (Å²) in [6.45, 7) is 0.392. The van der Waals surface area contributed by atoms with Crippen LogP contribution in [0.15, 0.2) is 24.3 Å². The summed E-state index contributed by atoms with van der Waals surface area (Å²) < 4.78 is 0. The summed E-state index contributed by atoms with van der Waals surface area (Å²) in [5, 5.41) is 13.0. The maximum atomic E-state index is 12.1. The highest BCUT2D eigenvalue weighted by atomic mass is 35.5. The molecule has 2 N–H and O–H groups in total. The summed E-state index contributed by atoms with van der Waals surface area (Å²) in [5.74, 6) is -1.27. The summed E-state index contributed by atoms with van der Waals surface area (Å²) in [7, 11) is 1.58. The van der Waals surface area contributed by atoms with E-state index < -0.39 is 11.8 Å². The first-order chi connectivity index (χ1) is 10.5. The number of anilines is 1. The van der Waals surface area contributed by atoms with Gasteiger partial charge in [-0.15, -0.1) is 0 Å². The van der Waals surface area contributed by atoms with Crippen LogP contribution in [-0.2, 0) is 9.59 Å². The fourth-order valence-corrected chi connectivity index (χ4v) is 2.95. The highest BCUT2D eigenvalue weighted by molar-refractivity contribution is 6.39. The molecule has 5 nitrogen and oxygen atoms in total. The van der Waals surface area contributed by atoms with Gasteiger partial charge in [-0.25, -0.2) is 0 Å². The predicted octanol–water partition coefficient (Wildman–Crippen LogP) is 2.29. The van der Waals surface area contributed by atoms with Gasteiger partial charge in [0.1, 0.15) is 0 Å². The second-order valence-corrected chi connectivity index (χ2v) is 6.20. The Kier molecular flexibility index (Phi) is 5.80. The van der Waals surface area contributed by atoms with Gasteiger partial charge in [0.05, 0.1) is 6.10 Å². The minimum atomic E-state index is -0.699. The molecule has 1 aliphatic rings. The van der Waals surface area contributed by atoms with Crippen LogP contribution in [0.5, 0.6) is 0 Å². The van der Waals surface area contributed by atoms with Crippen LogP contribution in [0.4, 0.5) is 5.69 Å². The predicted molar refractivity (Wildman–Crippen MR) is 85.7 cm³/mol. The second-order valence-electron chi connectivity index (χ2n) is 5.76. The van der Waals surface area contributed by atoms with Crippen LogP contribution in [0.1, 0.15) is 25.7 Å². The van der Waals surface area contributed by atoms with Gasteiger partial charge < -0.3 is 15.3 Å². The van der Waals surface area contributed by atoms with Gasteiger partial charge >= 0.3 is 11.8 Å². The van der Waals surface area contributed by atoms with Crippen molar-refractivity contribution in [1.29, 1.82) is 0 Å². The van der Waals surface area contributed by atoms with Crippen molar-refractivity contribution >= 4 is 29.1 Å². The second kappa shape index (κ2) is 7.61. The molecule has 1 aromatic carbocycles. The van der Waals surface area contributed by atoms with Crippen molar-refractivity contribution in [3.63, 3.8) is 0 Å². The smallest absolute Gasteiger partial charge is 0.313 e. The summed E-state index contributed by atoms with van der Waals surface area (Å²) in [6, 6.07) is 6.64. The van der Waals surface area contributed by atoms with E-state index in [4.69, 9.17) is 11.6 Å². The molecule has 1 aliphatic carbocycles. The number of hydrogen-bond acceptors (Lipinski definition) is 3. The van der Waals surface area contributed by atoms with Crippen molar-refractivity contribution in [3.8, 4) is 0 Å². The molecule has 2 amide bonds. The van der Waals surface area contributed by atoms with Crippen molar-refractivity contribution in [2.75, 3.05) is 18.9 Å². The van der Waals surface area contributed by atoms with Crippen LogP contribution in [0, 0.1) is 5.92 Å². The average molecular weight is 325 g/mol. The quantitative estimate of drug-likeness (QED) is 0.838. The van der Waals surface area contributed by atoms with Crippen LogP contribution in [0.3, 0.4) is 0 Å². The summed E-state index contributed by atoms with van der Waals surface area (Å²) >= 11 is 5.84. The Morgan fingerprint density at radius 3 is 2.77 bits per heavy atom. The van der Waals surface area contributed by atoms with E-state index >= 15 is 0 Å². The molecule has 2 rings (SSSR count). The fraction of sp³-hybridized carbons (Fsp3) is 0.500. The Balaban J connectivity index is 1.90. The molecule has 2 atom stereocenters. The number of nitrogens with zero attached hydrogens (tertiary/aromatic N) is 1. The number of carbonyl (C=O) groups is 2. The van der Waals surface area contributed by atoms with Gasteiger partial charge in [-0.3, -0.25) is 9.59 Å². The lowest BCUT2D eigenvalue weighted by Gasteiger charge is -2.30. The highest BCUT2D eigenvalue weighted by Crippen LogP contribution is 2.25. The topological polar surface area (TPSA) is 69.6 Å². The Bertz CT molecular complexity index is 550. The van der Waals surface area contributed by atoms with Gasteiger partial charge in [-0.1, -0.05) is 30.5 Å². The Morgan fingerprint density at radius 1 is 1.36 bits per heavy atom. The molecule has 120 valence electrons. The zero-order valence-corrected chi connectivity index (χ0v) is 13.3. The van der Waals surface area contributed by atoms with E-state index in [9.17, 15) is 14.7 Å². The van der Waals surface area contributed by atoms with Crippen molar-refractivity contribution in [2.45, 2.75) is 31.8 Å². The minimum Gasteiger partial charge on any atom is -0.393 e. The summed E-state index contributed by atoms with van der Waals surface area (Å²) in [6.07, 6.45) is 3.33. The van der Waals surface area contributed by atoms with Gasteiger partial charge in [0.2, 0.25) is 0 Å². The molecule has 1 saturated carbocycles. The SMILES string of the molecule is CN(CC1CCCCC1O)C(=O)C(=O)Nc1cccc(Cl)c1. The largest absolute Gasteiger partial charge is 0.393 e. The van der Waals surface area contributed by atoms with Crippen LogP contribution in [0.25, 0.3) is 0 Å².